The molecule has 2 aliphatic heterocycles. The molecule has 0 radical (unpaired) electrons. The maximum Gasteiger partial charge on any atom is 0.251 e. The van der Waals surface area contributed by atoms with Gasteiger partial charge in [0.1, 0.15) is 12.7 Å². The number of aliphatic imine (C=N–C) groups is 2. The molecule has 2 aromatic rings. The van der Waals surface area contributed by atoms with Gasteiger partial charge >= 0.3 is 0 Å². The van der Waals surface area contributed by atoms with Crippen molar-refractivity contribution >= 4 is 35.9 Å². The third kappa shape index (κ3) is 5.75. The van der Waals surface area contributed by atoms with Crippen molar-refractivity contribution < 1.29 is 9.59 Å². The molecule has 0 saturated heterocycles. The van der Waals surface area contributed by atoms with Crippen molar-refractivity contribution in [3.8, 4) is 0 Å². The number of rotatable bonds is 9. The van der Waals surface area contributed by atoms with Crippen LogP contribution in [0.4, 0.5) is 11.4 Å². The summed E-state index contributed by atoms with van der Waals surface area (Å²) in [4.78, 5) is 32.9. The molecule has 10 nitrogen and oxygen atoms in total. The van der Waals surface area contributed by atoms with E-state index in [9.17, 15) is 9.59 Å². The summed E-state index contributed by atoms with van der Waals surface area (Å²) in [6, 6.07) is 14.4. The Balaban J connectivity index is 1.16. The maximum absolute atomic E-state index is 12.3. The van der Waals surface area contributed by atoms with Gasteiger partial charge in [-0.2, -0.15) is 0 Å². The Bertz CT molecular complexity index is 906. The second-order valence-corrected chi connectivity index (χ2v) is 7.32. The minimum absolute atomic E-state index is 0.186. The molecule has 2 heterocycles. The predicted octanol–water partition coefficient (Wildman–Crippen LogP) is 1.19. The number of anilines is 2. The Kier molecular flexibility index (Phi) is 6.81. The molecule has 4 rings (SSSR count). The van der Waals surface area contributed by atoms with Gasteiger partial charge in [0.25, 0.3) is 11.8 Å². The summed E-state index contributed by atoms with van der Waals surface area (Å²) in [7, 11) is 0. The fraction of sp³-hybridized carbons (Fsp3) is 0.273. The van der Waals surface area contributed by atoms with Crippen LogP contribution < -0.4 is 21.5 Å². The molecular weight excluding hydrogens is 408 g/mol. The monoisotopic (exact) mass is 434 g/mol. The maximum atomic E-state index is 12.3. The van der Waals surface area contributed by atoms with Crippen molar-refractivity contribution in [2.75, 3.05) is 50.1 Å². The molecule has 0 saturated carbocycles. The van der Waals surface area contributed by atoms with Crippen LogP contribution in [0.5, 0.6) is 0 Å². The number of carbonyl (C=O) groups excluding carboxylic acids is 2. The fourth-order valence-corrected chi connectivity index (χ4v) is 3.21. The van der Waals surface area contributed by atoms with Crippen LogP contribution in [0.25, 0.3) is 0 Å². The molecule has 166 valence electrons. The van der Waals surface area contributed by atoms with Gasteiger partial charge in [-0.3, -0.25) is 40.4 Å². The Labute approximate surface area is 186 Å². The molecule has 0 atom stereocenters. The van der Waals surface area contributed by atoms with Gasteiger partial charge in [-0.1, -0.05) is 0 Å². The molecule has 0 unspecified atom stereocenters. The summed E-state index contributed by atoms with van der Waals surface area (Å²) >= 11 is 0. The fourth-order valence-electron chi connectivity index (χ4n) is 3.21. The van der Waals surface area contributed by atoms with Gasteiger partial charge in [0.15, 0.2) is 0 Å². The lowest BCUT2D eigenvalue weighted by atomic mass is 10.2. The van der Waals surface area contributed by atoms with Crippen molar-refractivity contribution in [3.63, 3.8) is 0 Å². The third-order valence-electron chi connectivity index (χ3n) is 4.92. The number of hydrogen-bond acceptors (Lipinski definition) is 8. The van der Waals surface area contributed by atoms with Gasteiger partial charge in [0.2, 0.25) is 0 Å². The first kappa shape index (κ1) is 21.2. The van der Waals surface area contributed by atoms with Crippen LogP contribution in [0.3, 0.4) is 0 Å². The largest absolute Gasteiger partial charge is 0.350 e. The van der Waals surface area contributed by atoms with E-state index in [0.717, 1.165) is 37.6 Å². The van der Waals surface area contributed by atoms with E-state index in [0.29, 0.717) is 24.2 Å². The number of carbonyl (C=O) groups is 2. The lowest BCUT2D eigenvalue weighted by Crippen LogP contribution is -2.34. The first-order chi connectivity index (χ1) is 15.7. The summed E-state index contributed by atoms with van der Waals surface area (Å²) in [5, 5.41) is 9.41. The summed E-state index contributed by atoms with van der Waals surface area (Å²) in [5.74, 6) is -0.371. The van der Waals surface area contributed by atoms with Crippen molar-refractivity contribution in [2.45, 2.75) is 0 Å². The number of nitrogens with zero attached hydrogens (tertiary/aromatic N) is 4. The van der Waals surface area contributed by atoms with Crippen molar-refractivity contribution in [3.05, 3.63) is 59.7 Å². The van der Waals surface area contributed by atoms with Crippen LogP contribution in [0, 0.1) is 0 Å². The third-order valence-corrected chi connectivity index (χ3v) is 4.92. The highest BCUT2D eigenvalue weighted by molar-refractivity contribution is 5.95. The molecule has 0 aromatic heterocycles. The molecule has 0 fully saturated rings. The Morgan fingerprint density at radius 3 is 1.44 bits per heavy atom. The number of amides is 2. The van der Waals surface area contributed by atoms with E-state index >= 15 is 0 Å². The Hall–Kier alpha value is -4.08. The molecule has 4 N–H and O–H groups in total. The molecule has 2 amide bonds. The van der Waals surface area contributed by atoms with E-state index < -0.39 is 0 Å². The highest BCUT2D eigenvalue weighted by atomic mass is 16.2. The van der Waals surface area contributed by atoms with Gasteiger partial charge in [-0.05, 0) is 48.5 Å². The first-order valence-electron chi connectivity index (χ1n) is 10.5. The van der Waals surface area contributed by atoms with E-state index in [1.807, 2.05) is 34.3 Å². The van der Waals surface area contributed by atoms with Crippen LogP contribution in [-0.4, -0.2) is 73.8 Å². The van der Waals surface area contributed by atoms with E-state index in [4.69, 9.17) is 0 Å². The lowest BCUT2D eigenvalue weighted by Gasteiger charge is -2.17. The van der Waals surface area contributed by atoms with Gasteiger partial charge in [-0.15, -0.1) is 0 Å². The molecule has 0 bridgehead atoms. The normalized spacial score (nSPS) is 14.5. The minimum Gasteiger partial charge on any atom is -0.350 e. The smallest absolute Gasteiger partial charge is 0.251 e. The predicted molar refractivity (Wildman–Crippen MR) is 125 cm³/mol. The zero-order valence-corrected chi connectivity index (χ0v) is 17.6. The van der Waals surface area contributed by atoms with Gasteiger partial charge in [-0.25, -0.2) is 0 Å². The minimum atomic E-state index is -0.186. The number of nitrogens with one attached hydrogen (secondary N) is 4. The SMILES string of the molecule is O=C(NCCNC(=O)c1ccc(NN2C=NCC2)cc1)c1ccc(NN2C=NCC2)cc1. The van der Waals surface area contributed by atoms with Crippen LogP contribution in [-0.2, 0) is 0 Å². The van der Waals surface area contributed by atoms with E-state index in [2.05, 4.69) is 31.5 Å². The van der Waals surface area contributed by atoms with Crippen molar-refractivity contribution in [2.24, 2.45) is 9.98 Å². The second kappa shape index (κ2) is 10.3. The van der Waals surface area contributed by atoms with Gasteiger partial charge < -0.3 is 10.6 Å². The summed E-state index contributed by atoms with van der Waals surface area (Å²) < 4.78 is 0. The molecule has 0 aliphatic carbocycles. The summed E-state index contributed by atoms with van der Waals surface area (Å²) in [6.45, 7) is 3.87. The zero-order chi connectivity index (χ0) is 22.2. The van der Waals surface area contributed by atoms with Gasteiger partial charge in [0, 0.05) is 24.2 Å². The van der Waals surface area contributed by atoms with Crippen LogP contribution >= 0.6 is 0 Å². The quantitative estimate of drug-likeness (QED) is 0.441. The van der Waals surface area contributed by atoms with E-state index in [1.54, 1.807) is 36.9 Å². The number of hydrazine groups is 2. The average molecular weight is 435 g/mol. The standard InChI is InChI=1S/C22H26N8O2/c31-21(17-1-5-19(6-2-17)27-29-13-11-23-15-29)25-9-10-26-22(32)18-3-7-20(8-4-18)28-30-14-12-24-16-30/h1-8,15-16,27-28H,9-14H2,(H,25,31)(H,26,32). The Morgan fingerprint density at radius 1 is 0.688 bits per heavy atom. The highest BCUT2D eigenvalue weighted by Gasteiger charge is 2.09. The molecule has 0 spiro atoms. The molecular formula is C22H26N8O2. The highest BCUT2D eigenvalue weighted by Crippen LogP contribution is 2.12. The first-order valence-corrected chi connectivity index (χ1v) is 10.5. The average Bonchev–Trinajstić information content (AvgIpc) is 3.52. The number of benzene rings is 2. The van der Waals surface area contributed by atoms with Crippen LogP contribution in [0.2, 0.25) is 0 Å². The van der Waals surface area contributed by atoms with Crippen LogP contribution in [0.1, 0.15) is 20.7 Å². The molecule has 2 aliphatic rings. The molecule has 2 aromatic carbocycles. The Morgan fingerprint density at radius 2 is 1.09 bits per heavy atom. The molecule has 10 heteroatoms. The topological polar surface area (TPSA) is 113 Å². The number of hydrogen-bond donors (Lipinski definition) is 4. The van der Waals surface area contributed by atoms with E-state index in [1.165, 1.54) is 0 Å². The summed E-state index contributed by atoms with van der Waals surface area (Å²) in [6.07, 6.45) is 3.51. The zero-order valence-electron chi connectivity index (χ0n) is 17.6. The van der Waals surface area contributed by atoms with Gasteiger partial charge in [0.05, 0.1) is 37.6 Å². The van der Waals surface area contributed by atoms with Crippen molar-refractivity contribution in [1.29, 1.82) is 0 Å². The van der Waals surface area contributed by atoms with Crippen LogP contribution in [0.15, 0.2) is 58.5 Å². The van der Waals surface area contributed by atoms with E-state index in [-0.39, 0.29) is 11.8 Å². The summed E-state index contributed by atoms with van der Waals surface area (Å²) in [5.41, 5.74) is 9.29. The molecule has 32 heavy (non-hydrogen) atoms. The van der Waals surface area contributed by atoms with Crippen molar-refractivity contribution in [1.82, 2.24) is 20.7 Å². The second-order valence-electron chi connectivity index (χ2n) is 7.32. The lowest BCUT2D eigenvalue weighted by molar-refractivity contribution is 0.0927.